The number of unbranched alkanes of at least 4 members (excludes halogenated alkanes) is 34. The van der Waals surface area contributed by atoms with Crippen LogP contribution in [0.4, 0.5) is 0 Å². The molecule has 0 aromatic carbocycles. The number of hydrogen-bond donors (Lipinski definition) is 1. The molecule has 0 aliphatic heterocycles. The lowest BCUT2D eigenvalue weighted by Gasteiger charge is -2.24. The lowest BCUT2D eigenvalue weighted by molar-refractivity contribution is -0.870. The van der Waals surface area contributed by atoms with E-state index in [1.807, 2.05) is 21.1 Å². The van der Waals surface area contributed by atoms with Gasteiger partial charge in [0.05, 0.1) is 27.7 Å². The highest BCUT2D eigenvalue weighted by Crippen LogP contribution is 2.43. The molecular formula is C50H101NO8P+. The zero-order chi connectivity index (χ0) is 44.3. The molecule has 10 heteroatoms. The summed E-state index contributed by atoms with van der Waals surface area (Å²) < 4.78 is 34.5. The molecule has 9 nitrogen and oxygen atoms in total. The summed E-state index contributed by atoms with van der Waals surface area (Å²) >= 11 is 0. The summed E-state index contributed by atoms with van der Waals surface area (Å²) in [6.45, 7) is 4.49. The lowest BCUT2D eigenvalue weighted by atomic mass is 10.0. The third-order valence-corrected chi connectivity index (χ3v) is 12.6. The van der Waals surface area contributed by atoms with Gasteiger partial charge in [-0.1, -0.05) is 232 Å². The molecule has 60 heavy (non-hydrogen) atoms. The second kappa shape index (κ2) is 43.3. The fourth-order valence-corrected chi connectivity index (χ4v) is 8.35. The van der Waals surface area contributed by atoms with Crippen LogP contribution in [0.3, 0.4) is 0 Å². The number of phosphoric ester groups is 1. The van der Waals surface area contributed by atoms with Gasteiger partial charge in [-0.05, 0) is 12.8 Å². The fourth-order valence-electron chi connectivity index (χ4n) is 7.61. The van der Waals surface area contributed by atoms with Crippen LogP contribution in [0.5, 0.6) is 0 Å². The summed E-state index contributed by atoms with van der Waals surface area (Å²) in [5, 5.41) is 0. The smallest absolute Gasteiger partial charge is 0.462 e. The Bertz CT molecular complexity index is 990. The van der Waals surface area contributed by atoms with Crippen LogP contribution in [-0.4, -0.2) is 74.9 Å². The van der Waals surface area contributed by atoms with Crippen molar-refractivity contribution in [2.45, 2.75) is 264 Å². The average molecular weight is 875 g/mol. The number of hydrogen-bond acceptors (Lipinski definition) is 7. The first-order chi connectivity index (χ1) is 29.0. The Morgan fingerprint density at radius 1 is 0.450 bits per heavy atom. The van der Waals surface area contributed by atoms with Crippen LogP contribution in [0.2, 0.25) is 0 Å². The molecule has 358 valence electrons. The summed E-state index contributed by atoms with van der Waals surface area (Å²) in [6.07, 6.45) is 45.8. The number of likely N-dealkylation sites (N-methyl/N-ethyl adjacent to an activating group) is 1. The third-order valence-electron chi connectivity index (χ3n) is 11.6. The first-order valence-corrected chi connectivity index (χ1v) is 27.3. The van der Waals surface area contributed by atoms with Crippen molar-refractivity contribution in [3.63, 3.8) is 0 Å². The molecule has 1 N–H and O–H groups in total. The minimum absolute atomic E-state index is 0.0372. The summed E-state index contributed by atoms with van der Waals surface area (Å²) in [4.78, 5) is 35.5. The van der Waals surface area contributed by atoms with Crippen LogP contribution >= 0.6 is 7.82 Å². The van der Waals surface area contributed by atoms with E-state index in [-0.39, 0.29) is 25.6 Å². The van der Waals surface area contributed by atoms with E-state index in [1.165, 1.54) is 193 Å². The standard InChI is InChI=1S/C50H100NO8P/c1-6-8-10-12-14-16-18-20-22-23-24-25-26-27-29-31-33-35-37-39-41-43-50(53)59-48(47-58-60(54,55)57-45-44-51(3,4)5)46-56-49(52)42-40-38-36-34-32-30-28-21-19-17-15-13-11-9-7-2/h48H,6-47H2,1-5H3/p+1. The summed E-state index contributed by atoms with van der Waals surface area (Å²) in [6, 6.07) is 0. The molecule has 0 spiro atoms. The molecule has 0 rings (SSSR count). The van der Waals surface area contributed by atoms with Gasteiger partial charge < -0.3 is 18.9 Å². The largest absolute Gasteiger partial charge is 0.472 e. The zero-order valence-electron chi connectivity index (χ0n) is 40.5. The molecule has 0 saturated carbocycles. The van der Waals surface area contributed by atoms with Gasteiger partial charge in [-0.2, -0.15) is 0 Å². The van der Waals surface area contributed by atoms with Gasteiger partial charge in [-0.25, -0.2) is 4.57 Å². The first-order valence-electron chi connectivity index (χ1n) is 25.8. The van der Waals surface area contributed by atoms with Crippen LogP contribution in [-0.2, 0) is 32.7 Å². The van der Waals surface area contributed by atoms with Crippen molar-refractivity contribution in [2.24, 2.45) is 0 Å². The van der Waals surface area contributed by atoms with Crippen molar-refractivity contribution in [3.8, 4) is 0 Å². The zero-order valence-corrected chi connectivity index (χ0v) is 41.4. The summed E-state index contributed by atoms with van der Waals surface area (Å²) in [5.74, 6) is -0.778. The summed E-state index contributed by atoms with van der Waals surface area (Å²) in [5.41, 5.74) is 0. The average Bonchev–Trinajstić information content (AvgIpc) is 3.20. The molecule has 0 aromatic rings. The normalized spacial score (nSPS) is 13.4. The molecule has 0 bridgehead atoms. The third kappa shape index (κ3) is 46.5. The van der Waals surface area contributed by atoms with Crippen LogP contribution in [0.25, 0.3) is 0 Å². The minimum Gasteiger partial charge on any atom is -0.462 e. The van der Waals surface area contributed by atoms with Crippen LogP contribution < -0.4 is 0 Å². The SMILES string of the molecule is CCCCCCCCCCCCCCCCCCCCCCCC(=O)OC(COC(=O)CCCCCCCCCCCCCCCCC)COP(=O)(O)OCC[N+](C)(C)C. The number of esters is 2. The highest BCUT2D eigenvalue weighted by molar-refractivity contribution is 7.47. The number of carbonyl (C=O) groups excluding carboxylic acids is 2. The number of nitrogens with zero attached hydrogens (tertiary/aromatic N) is 1. The van der Waals surface area contributed by atoms with Crippen molar-refractivity contribution in [1.82, 2.24) is 0 Å². The van der Waals surface area contributed by atoms with Gasteiger partial charge in [-0.3, -0.25) is 18.6 Å². The van der Waals surface area contributed by atoms with E-state index in [0.717, 1.165) is 38.5 Å². The molecule has 2 atom stereocenters. The Morgan fingerprint density at radius 2 is 0.750 bits per heavy atom. The van der Waals surface area contributed by atoms with Crippen LogP contribution in [0.15, 0.2) is 0 Å². The van der Waals surface area contributed by atoms with Gasteiger partial charge in [0.1, 0.15) is 19.8 Å². The van der Waals surface area contributed by atoms with Crippen molar-refractivity contribution >= 4 is 19.8 Å². The second-order valence-electron chi connectivity index (χ2n) is 18.9. The first kappa shape index (κ1) is 59.0. The van der Waals surface area contributed by atoms with Crippen molar-refractivity contribution in [1.29, 1.82) is 0 Å². The van der Waals surface area contributed by atoms with E-state index < -0.39 is 26.5 Å². The van der Waals surface area contributed by atoms with Gasteiger partial charge in [0.2, 0.25) is 0 Å². The monoisotopic (exact) mass is 875 g/mol. The Hall–Kier alpha value is -0.990. The highest BCUT2D eigenvalue weighted by Gasteiger charge is 2.27. The van der Waals surface area contributed by atoms with E-state index >= 15 is 0 Å². The Balaban J connectivity index is 4.18. The number of rotatable bonds is 48. The topological polar surface area (TPSA) is 108 Å². The quantitative estimate of drug-likeness (QED) is 0.0279. The maximum Gasteiger partial charge on any atom is 0.472 e. The minimum atomic E-state index is -4.37. The molecule has 2 unspecified atom stereocenters. The van der Waals surface area contributed by atoms with Crippen molar-refractivity contribution < 1.29 is 42.1 Å². The predicted octanol–water partition coefficient (Wildman–Crippen LogP) is 15.1. The van der Waals surface area contributed by atoms with Crippen LogP contribution in [0, 0.1) is 0 Å². The van der Waals surface area contributed by atoms with Crippen molar-refractivity contribution in [2.75, 3.05) is 47.5 Å². The van der Waals surface area contributed by atoms with Gasteiger partial charge in [-0.15, -0.1) is 0 Å². The second-order valence-corrected chi connectivity index (χ2v) is 20.4. The Labute approximate surface area is 372 Å². The number of phosphoric acid groups is 1. The molecule has 0 heterocycles. The van der Waals surface area contributed by atoms with E-state index in [0.29, 0.717) is 17.4 Å². The molecule has 0 amide bonds. The molecule has 0 radical (unpaired) electrons. The molecular weight excluding hydrogens is 774 g/mol. The van der Waals surface area contributed by atoms with Gasteiger partial charge in [0.15, 0.2) is 6.10 Å². The molecule has 0 fully saturated rings. The molecule has 0 aliphatic rings. The fraction of sp³-hybridized carbons (Fsp3) is 0.960. The predicted molar refractivity (Wildman–Crippen MR) is 252 cm³/mol. The lowest BCUT2D eigenvalue weighted by Crippen LogP contribution is -2.37. The highest BCUT2D eigenvalue weighted by atomic mass is 31.2. The number of carbonyl (C=O) groups is 2. The number of quaternary nitrogens is 1. The van der Waals surface area contributed by atoms with Gasteiger partial charge in [0, 0.05) is 12.8 Å². The van der Waals surface area contributed by atoms with E-state index in [4.69, 9.17) is 18.5 Å². The summed E-state index contributed by atoms with van der Waals surface area (Å²) in [7, 11) is 1.50. The molecule has 0 aliphatic carbocycles. The van der Waals surface area contributed by atoms with Crippen LogP contribution in [0.1, 0.15) is 258 Å². The molecule has 0 saturated heterocycles. The van der Waals surface area contributed by atoms with E-state index in [2.05, 4.69) is 13.8 Å². The number of ether oxygens (including phenoxy) is 2. The van der Waals surface area contributed by atoms with E-state index in [1.54, 1.807) is 0 Å². The molecule has 0 aromatic heterocycles. The van der Waals surface area contributed by atoms with Crippen molar-refractivity contribution in [3.05, 3.63) is 0 Å². The van der Waals surface area contributed by atoms with E-state index in [9.17, 15) is 19.0 Å². The maximum absolute atomic E-state index is 12.8. The van der Waals surface area contributed by atoms with Gasteiger partial charge in [0.25, 0.3) is 0 Å². The Morgan fingerprint density at radius 3 is 1.07 bits per heavy atom. The maximum atomic E-state index is 12.8. The van der Waals surface area contributed by atoms with Gasteiger partial charge >= 0.3 is 19.8 Å². The Kier molecular flexibility index (Phi) is 42.6.